The zero-order valence-electron chi connectivity index (χ0n) is 12.7. The van der Waals surface area contributed by atoms with Crippen LogP contribution in [0.1, 0.15) is 0 Å². The van der Waals surface area contributed by atoms with Crippen LogP contribution in [0.25, 0.3) is 0 Å². The van der Waals surface area contributed by atoms with Gasteiger partial charge in [0.1, 0.15) is 12.5 Å². The van der Waals surface area contributed by atoms with Crippen molar-refractivity contribution >= 4 is 34.4 Å². The van der Waals surface area contributed by atoms with Crippen molar-refractivity contribution in [1.82, 2.24) is 34.5 Å². The normalized spacial score (nSPS) is 8.00. The number of hydrogen-bond acceptors (Lipinski definition) is 12. The molecule has 0 aliphatic heterocycles. The van der Waals surface area contributed by atoms with E-state index in [0.29, 0.717) is 0 Å². The van der Waals surface area contributed by atoms with Crippen LogP contribution in [-0.4, -0.2) is 34.5 Å². The Morgan fingerprint density at radius 1 is 0.720 bits per heavy atom. The highest BCUT2D eigenvalue weighted by Crippen LogP contribution is 1.86. The minimum Gasteiger partial charge on any atom is -0.365 e. The van der Waals surface area contributed by atoms with Crippen molar-refractivity contribution in [2.24, 2.45) is 0 Å². The van der Waals surface area contributed by atoms with E-state index in [1.54, 1.807) is 47.7 Å². The lowest BCUT2D eigenvalue weighted by Gasteiger charge is -1.48. The fraction of sp³-hybridized carbons (Fsp3) is 0. The molecule has 5 heterocycles. The van der Waals surface area contributed by atoms with Crippen LogP contribution in [-0.2, 0) is 0 Å². The maximum absolute atomic E-state index is 4.33. The summed E-state index contributed by atoms with van der Waals surface area (Å²) in [7, 11) is 0. The fourth-order valence-corrected chi connectivity index (χ4v) is 1.77. The molecule has 9 nitrogen and oxygen atoms in total. The summed E-state index contributed by atoms with van der Waals surface area (Å²) in [6.45, 7) is 0. The van der Waals surface area contributed by atoms with Gasteiger partial charge < -0.3 is 9.05 Å². The minimum atomic E-state index is 1.35. The second-order valence-electron chi connectivity index (χ2n) is 3.23. The number of aromatic nitrogens is 7. The van der Waals surface area contributed by atoms with Gasteiger partial charge >= 0.3 is 0 Å². The minimum absolute atomic E-state index is 1.35. The van der Waals surface area contributed by atoms with Gasteiger partial charge in [0.15, 0.2) is 0 Å². The van der Waals surface area contributed by atoms with E-state index in [9.17, 15) is 0 Å². The van der Waals surface area contributed by atoms with Crippen LogP contribution in [0.2, 0.25) is 0 Å². The zero-order chi connectivity index (χ0) is 17.7. The topological polar surface area (TPSA) is 117 Å². The number of thiazole rings is 1. The van der Waals surface area contributed by atoms with Crippen molar-refractivity contribution < 1.29 is 9.05 Å². The molecule has 0 bridgehead atoms. The standard InChI is InChI=1S/C3H3NO.2C3H3NS.C2H2N2O.C2H2N2S/c1-2-4-5-3-1;1-2-5-3-4-1;1-2-4-5-3-1;2*1-2-5-4-3-1/h3*1-3H;2*1-2H. The molecule has 0 radical (unpaired) electrons. The first-order chi connectivity index (χ1) is 12.5. The summed E-state index contributed by atoms with van der Waals surface area (Å²) in [5.41, 5.74) is 1.79. The average Bonchev–Trinajstić information content (AvgIpc) is 3.55. The van der Waals surface area contributed by atoms with E-state index in [2.05, 4.69) is 43.5 Å². The van der Waals surface area contributed by atoms with E-state index in [-0.39, 0.29) is 0 Å². The van der Waals surface area contributed by atoms with Gasteiger partial charge in [0.05, 0.1) is 24.1 Å². The maximum Gasteiger partial charge on any atom is 0.144 e. The third-order valence-electron chi connectivity index (χ3n) is 1.61. The number of nitrogens with zero attached hydrogens (tertiary/aromatic N) is 7. The van der Waals surface area contributed by atoms with E-state index in [1.165, 1.54) is 41.8 Å². The summed E-state index contributed by atoms with van der Waals surface area (Å²) < 4.78 is 15.8. The largest absolute Gasteiger partial charge is 0.365 e. The van der Waals surface area contributed by atoms with Crippen LogP contribution in [0.5, 0.6) is 0 Å². The van der Waals surface area contributed by atoms with Gasteiger partial charge in [0.2, 0.25) is 0 Å². The zero-order valence-corrected chi connectivity index (χ0v) is 15.1. The first kappa shape index (κ1) is 20.2. The Bertz CT molecular complexity index is 477. The summed E-state index contributed by atoms with van der Waals surface area (Å²) >= 11 is 4.42. The molecule has 0 aliphatic carbocycles. The Kier molecular flexibility index (Phi) is 14.2. The molecule has 0 aliphatic rings. The van der Waals surface area contributed by atoms with Gasteiger partial charge in [-0.3, -0.25) is 4.98 Å². The summed E-state index contributed by atoms with van der Waals surface area (Å²) in [4.78, 5) is 3.74. The lowest BCUT2D eigenvalue weighted by molar-refractivity contribution is 0.393. The molecule has 130 valence electrons. The van der Waals surface area contributed by atoms with Crippen molar-refractivity contribution in [3.8, 4) is 0 Å². The second kappa shape index (κ2) is 17.5. The molecular formula is C13H13N7O2S3. The molecule has 0 N–H and O–H groups in total. The van der Waals surface area contributed by atoms with Gasteiger partial charge in [0, 0.05) is 33.8 Å². The SMILES string of the molecule is c1cnoc1.c1cnsc1.c1conn1.c1cscn1.c1csnn1. The molecule has 12 heteroatoms. The number of hydrogen-bond donors (Lipinski definition) is 0. The molecular weight excluding hydrogens is 382 g/mol. The van der Waals surface area contributed by atoms with Gasteiger partial charge in [0.25, 0.3) is 0 Å². The molecule has 0 saturated heterocycles. The molecule has 0 atom stereocenters. The van der Waals surface area contributed by atoms with Gasteiger partial charge in [-0.1, -0.05) is 9.64 Å². The molecule has 0 saturated carbocycles. The van der Waals surface area contributed by atoms with E-state index in [0.717, 1.165) is 0 Å². The molecule has 5 rings (SSSR count). The first-order valence-corrected chi connectivity index (χ1v) is 9.04. The molecule has 0 unspecified atom stereocenters. The van der Waals surface area contributed by atoms with E-state index >= 15 is 0 Å². The second-order valence-corrected chi connectivity index (χ2v) is 5.32. The molecule has 0 spiro atoms. The highest BCUT2D eigenvalue weighted by atomic mass is 32.1. The van der Waals surface area contributed by atoms with Crippen molar-refractivity contribution in [2.75, 3.05) is 0 Å². The predicted molar refractivity (Wildman–Crippen MR) is 94.9 cm³/mol. The third kappa shape index (κ3) is 15.8. The summed E-state index contributed by atoms with van der Waals surface area (Å²) in [6, 6.07) is 3.63. The lowest BCUT2D eigenvalue weighted by atomic mass is 10.8. The van der Waals surface area contributed by atoms with Crippen molar-refractivity contribution in [3.63, 3.8) is 0 Å². The monoisotopic (exact) mass is 395 g/mol. The highest BCUT2D eigenvalue weighted by molar-refractivity contribution is 7.07. The Morgan fingerprint density at radius 2 is 1.72 bits per heavy atom. The predicted octanol–water partition coefficient (Wildman–Crippen LogP) is 3.57. The average molecular weight is 395 g/mol. The third-order valence-corrected chi connectivity index (χ3v) is 3.08. The summed E-state index contributed by atoms with van der Waals surface area (Å²) in [5.74, 6) is 0. The molecule has 0 amide bonds. The van der Waals surface area contributed by atoms with Gasteiger partial charge in [-0.05, 0) is 35.2 Å². The molecule has 0 fully saturated rings. The van der Waals surface area contributed by atoms with Gasteiger partial charge in [-0.15, -0.1) is 21.5 Å². The Morgan fingerprint density at radius 3 is 1.92 bits per heavy atom. The molecule has 25 heavy (non-hydrogen) atoms. The van der Waals surface area contributed by atoms with Gasteiger partial charge in [-0.25, -0.2) is 4.37 Å². The van der Waals surface area contributed by atoms with Crippen molar-refractivity contribution in [1.29, 1.82) is 0 Å². The van der Waals surface area contributed by atoms with E-state index in [4.69, 9.17) is 0 Å². The Hall–Kier alpha value is -2.83. The molecule has 0 aromatic carbocycles. The fourth-order valence-electron chi connectivity index (χ4n) is 0.799. The van der Waals surface area contributed by atoms with Crippen LogP contribution < -0.4 is 0 Å². The summed E-state index contributed by atoms with van der Waals surface area (Å²) in [5, 5.41) is 18.9. The van der Waals surface area contributed by atoms with Crippen LogP contribution in [0.4, 0.5) is 0 Å². The summed E-state index contributed by atoms with van der Waals surface area (Å²) in [6.07, 6.45) is 11.2. The van der Waals surface area contributed by atoms with Crippen molar-refractivity contribution in [2.45, 2.75) is 0 Å². The van der Waals surface area contributed by atoms with Crippen LogP contribution in [0.15, 0.2) is 86.3 Å². The Balaban J connectivity index is 0.000000156. The van der Waals surface area contributed by atoms with Crippen LogP contribution in [0, 0.1) is 0 Å². The first-order valence-electron chi connectivity index (χ1n) is 6.43. The van der Waals surface area contributed by atoms with E-state index < -0.39 is 0 Å². The maximum atomic E-state index is 4.33. The van der Waals surface area contributed by atoms with Crippen LogP contribution >= 0.6 is 34.4 Å². The van der Waals surface area contributed by atoms with E-state index in [1.807, 2.05) is 22.2 Å². The quantitative estimate of drug-likeness (QED) is 0.388. The van der Waals surface area contributed by atoms with Crippen molar-refractivity contribution in [3.05, 3.63) is 77.3 Å². The van der Waals surface area contributed by atoms with Gasteiger partial charge in [-0.2, -0.15) is 0 Å². The number of rotatable bonds is 0. The van der Waals surface area contributed by atoms with Crippen LogP contribution in [0.3, 0.4) is 0 Å². The molecule has 5 aromatic heterocycles. The lowest BCUT2D eigenvalue weighted by Crippen LogP contribution is -1.53. The Labute approximate surface area is 155 Å². The molecule has 5 aromatic rings. The highest BCUT2D eigenvalue weighted by Gasteiger charge is 1.62. The smallest absolute Gasteiger partial charge is 0.144 e.